The van der Waals surface area contributed by atoms with Gasteiger partial charge in [0.1, 0.15) is 18.0 Å². The van der Waals surface area contributed by atoms with Crippen molar-refractivity contribution in [2.45, 2.75) is 26.3 Å². The molecule has 7 nitrogen and oxygen atoms in total. The van der Waals surface area contributed by atoms with E-state index < -0.39 is 5.97 Å². The van der Waals surface area contributed by atoms with Crippen LogP contribution in [-0.2, 0) is 22.6 Å². The summed E-state index contributed by atoms with van der Waals surface area (Å²) in [5.74, 6) is 0.397. The van der Waals surface area contributed by atoms with E-state index in [4.69, 9.17) is 14.6 Å². The molecule has 1 heterocycles. The van der Waals surface area contributed by atoms with Crippen LogP contribution in [0.3, 0.4) is 0 Å². The van der Waals surface area contributed by atoms with E-state index in [1.54, 1.807) is 31.4 Å². The number of anilines is 1. The molecule has 0 spiro atoms. The van der Waals surface area contributed by atoms with Crippen molar-refractivity contribution in [2.24, 2.45) is 0 Å². The molecule has 31 heavy (non-hydrogen) atoms. The zero-order valence-corrected chi connectivity index (χ0v) is 17.6. The monoisotopic (exact) mass is 422 g/mol. The van der Waals surface area contributed by atoms with Crippen LogP contribution in [0, 0.1) is 0 Å². The Balaban J connectivity index is 1.81. The summed E-state index contributed by atoms with van der Waals surface area (Å²) in [7, 11) is 1.60. The minimum atomic E-state index is -0.877. The number of hydrogen-bond donors (Lipinski definition) is 2. The maximum atomic E-state index is 12.8. The van der Waals surface area contributed by atoms with Crippen LogP contribution in [0.5, 0.6) is 11.5 Å². The van der Waals surface area contributed by atoms with Crippen molar-refractivity contribution < 1.29 is 24.2 Å². The number of carbonyl (C=O) groups is 2. The Morgan fingerprint density at radius 2 is 1.65 bits per heavy atom. The second-order valence-corrected chi connectivity index (χ2v) is 6.92. The molecule has 0 aliphatic carbocycles. The average molecular weight is 422 g/mol. The van der Waals surface area contributed by atoms with Gasteiger partial charge in [0.25, 0.3) is 0 Å². The van der Waals surface area contributed by atoms with Gasteiger partial charge in [0.2, 0.25) is 5.91 Å². The van der Waals surface area contributed by atoms with Crippen LogP contribution in [0.25, 0.3) is 11.3 Å². The molecular weight excluding hydrogens is 396 g/mol. The Morgan fingerprint density at radius 1 is 0.968 bits per heavy atom. The van der Waals surface area contributed by atoms with Crippen LogP contribution in [0.2, 0.25) is 0 Å². The predicted molar refractivity (Wildman–Crippen MR) is 119 cm³/mol. The molecule has 7 heteroatoms. The number of carboxylic acids is 1. The number of hydrogen-bond acceptors (Lipinski definition) is 4. The molecule has 0 fully saturated rings. The standard InChI is InChI=1S/C24H26N2O5/c1-3-31-21-12-6-18(7-13-21)25-23(27)16-26-19(9-15-24(28)29)8-14-22(26)17-4-10-20(30-2)11-5-17/h4-8,10-14H,3,9,15-16H2,1-2H3,(H,25,27)(H,28,29). The number of benzene rings is 2. The van der Waals surface area contributed by atoms with E-state index in [1.807, 2.05) is 47.9 Å². The van der Waals surface area contributed by atoms with Gasteiger partial charge in [-0.2, -0.15) is 0 Å². The van der Waals surface area contributed by atoms with Gasteiger partial charge in [0, 0.05) is 17.1 Å². The summed E-state index contributed by atoms with van der Waals surface area (Å²) < 4.78 is 12.5. The van der Waals surface area contributed by atoms with Crippen LogP contribution in [0.15, 0.2) is 60.7 Å². The predicted octanol–water partition coefficient (Wildman–Crippen LogP) is 4.22. The van der Waals surface area contributed by atoms with E-state index >= 15 is 0 Å². The normalized spacial score (nSPS) is 10.5. The van der Waals surface area contributed by atoms with Gasteiger partial charge < -0.3 is 24.5 Å². The minimum Gasteiger partial charge on any atom is -0.497 e. The molecule has 2 aromatic carbocycles. The Bertz CT molecular complexity index is 1020. The van der Waals surface area contributed by atoms with Crippen LogP contribution in [0.4, 0.5) is 5.69 Å². The van der Waals surface area contributed by atoms with Crippen molar-refractivity contribution >= 4 is 17.6 Å². The maximum absolute atomic E-state index is 12.8. The lowest BCUT2D eigenvalue weighted by atomic mass is 10.1. The first-order valence-electron chi connectivity index (χ1n) is 10.1. The zero-order chi connectivity index (χ0) is 22.2. The van der Waals surface area contributed by atoms with E-state index in [-0.39, 0.29) is 18.9 Å². The third-order valence-corrected chi connectivity index (χ3v) is 4.80. The molecule has 0 radical (unpaired) electrons. The summed E-state index contributed by atoms with van der Waals surface area (Å²) >= 11 is 0. The molecule has 0 bridgehead atoms. The molecule has 0 saturated carbocycles. The zero-order valence-electron chi connectivity index (χ0n) is 17.6. The van der Waals surface area contributed by atoms with Crippen LogP contribution in [-0.4, -0.2) is 35.3 Å². The number of nitrogens with zero attached hydrogens (tertiary/aromatic N) is 1. The Labute approximate surface area is 181 Å². The first-order chi connectivity index (χ1) is 15.0. The van der Waals surface area contributed by atoms with Crippen molar-refractivity contribution in [3.05, 3.63) is 66.4 Å². The summed E-state index contributed by atoms with van der Waals surface area (Å²) in [4.78, 5) is 23.8. The van der Waals surface area contributed by atoms with Gasteiger partial charge in [-0.1, -0.05) is 0 Å². The van der Waals surface area contributed by atoms with Crippen molar-refractivity contribution in [1.29, 1.82) is 0 Å². The molecule has 1 aromatic heterocycles. The summed E-state index contributed by atoms with van der Waals surface area (Å²) in [5.41, 5.74) is 3.20. The highest BCUT2D eigenvalue weighted by molar-refractivity contribution is 5.91. The lowest BCUT2D eigenvalue weighted by Crippen LogP contribution is -2.21. The number of carbonyl (C=O) groups excluding carboxylic acids is 1. The molecule has 0 saturated heterocycles. The lowest BCUT2D eigenvalue weighted by Gasteiger charge is -2.14. The van der Waals surface area contributed by atoms with Crippen LogP contribution < -0.4 is 14.8 Å². The number of rotatable bonds is 10. The van der Waals surface area contributed by atoms with E-state index in [9.17, 15) is 9.59 Å². The number of nitrogens with one attached hydrogen (secondary N) is 1. The third kappa shape index (κ3) is 5.88. The van der Waals surface area contributed by atoms with Gasteiger partial charge in [0.05, 0.1) is 20.1 Å². The van der Waals surface area contributed by atoms with Gasteiger partial charge in [-0.15, -0.1) is 0 Å². The Kier molecular flexibility index (Phi) is 7.32. The van der Waals surface area contributed by atoms with Gasteiger partial charge in [-0.3, -0.25) is 9.59 Å². The number of aryl methyl sites for hydroxylation is 1. The highest BCUT2D eigenvalue weighted by Gasteiger charge is 2.15. The number of amides is 1. The SMILES string of the molecule is CCOc1ccc(NC(=O)Cn2c(CCC(=O)O)ccc2-c2ccc(OC)cc2)cc1. The number of methoxy groups -OCH3 is 1. The minimum absolute atomic E-state index is 0.00737. The fourth-order valence-electron chi connectivity index (χ4n) is 3.31. The van der Waals surface area contributed by atoms with Gasteiger partial charge in [-0.25, -0.2) is 0 Å². The lowest BCUT2D eigenvalue weighted by molar-refractivity contribution is -0.137. The Morgan fingerprint density at radius 3 is 2.26 bits per heavy atom. The smallest absolute Gasteiger partial charge is 0.303 e. The third-order valence-electron chi connectivity index (χ3n) is 4.80. The average Bonchev–Trinajstić information content (AvgIpc) is 3.16. The topological polar surface area (TPSA) is 89.8 Å². The molecule has 162 valence electrons. The molecule has 0 atom stereocenters. The number of carboxylic acid groups (broad SMARTS) is 1. The summed E-state index contributed by atoms with van der Waals surface area (Å²) in [6.07, 6.45) is 0.328. The first-order valence-corrected chi connectivity index (χ1v) is 10.1. The molecule has 3 rings (SSSR count). The van der Waals surface area contributed by atoms with Gasteiger partial charge >= 0.3 is 5.97 Å². The molecule has 0 unspecified atom stereocenters. The number of aliphatic carboxylic acids is 1. The van der Waals surface area contributed by atoms with Crippen LogP contribution >= 0.6 is 0 Å². The van der Waals surface area contributed by atoms with Crippen molar-refractivity contribution in [3.63, 3.8) is 0 Å². The summed E-state index contributed by atoms with van der Waals surface area (Å²) in [5, 5.41) is 12.0. The van der Waals surface area contributed by atoms with E-state index in [0.717, 1.165) is 28.5 Å². The highest BCUT2D eigenvalue weighted by Crippen LogP contribution is 2.26. The van der Waals surface area contributed by atoms with E-state index in [0.29, 0.717) is 18.7 Å². The quantitative estimate of drug-likeness (QED) is 0.511. The molecule has 0 aliphatic rings. The van der Waals surface area contributed by atoms with Gasteiger partial charge in [0.15, 0.2) is 0 Å². The van der Waals surface area contributed by atoms with Crippen molar-refractivity contribution in [2.75, 3.05) is 19.0 Å². The van der Waals surface area contributed by atoms with Gasteiger partial charge in [-0.05, 0) is 79.6 Å². The maximum Gasteiger partial charge on any atom is 0.303 e. The van der Waals surface area contributed by atoms with E-state index in [2.05, 4.69) is 5.32 Å². The fourth-order valence-corrected chi connectivity index (χ4v) is 3.31. The second kappa shape index (κ2) is 10.3. The number of ether oxygens (including phenoxy) is 2. The molecule has 1 amide bonds. The second-order valence-electron chi connectivity index (χ2n) is 6.92. The summed E-state index contributed by atoms with van der Waals surface area (Å²) in [6, 6.07) is 18.5. The van der Waals surface area contributed by atoms with Crippen molar-refractivity contribution in [1.82, 2.24) is 4.57 Å². The molecule has 2 N–H and O–H groups in total. The van der Waals surface area contributed by atoms with Crippen LogP contribution in [0.1, 0.15) is 19.0 Å². The highest BCUT2D eigenvalue weighted by atomic mass is 16.5. The Hall–Kier alpha value is -3.74. The largest absolute Gasteiger partial charge is 0.497 e. The molecular formula is C24H26N2O5. The number of aromatic nitrogens is 1. The molecule has 0 aliphatic heterocycles. The molecule has 3 aromatic rings. The first kappa shape index (κ1) is 22.0. The summed E-state index contributed by atoms with van der Waals surface area (Å²) in [6.45, 7) is 2.55. The van der Waals surface area contributed by atoms with E-state index in [1.165, 1.54) is 0 Å². The fraction of sp³-hybridized carbons (Fsp3) is 0.250. The van der Waals surface area contributed by atoms with Crippen molar-refractivity contribution in [3.8, 4) is 22.8 Å².